The van der Waals surface area contributed by atoms with Gasteiger partial charge in [0.25, 0.3) is 0 Å². The zero-order valence-corrected chi connectivity index (χ0v) is 16.2. The third-order valence-corrected chi connectivity index (χ3v) is 4.90. The molecule has 6 nitrogen and oxygen atoms in total. The molecule has 144 valence electrons. The normalized spacial score (nSPS) is 10.8. The summed E-state index contributed by atoms with van der Waals surface area (Å²) in [5.41, 5.74) is 16.3. The van der Waals surface area contributed by atoms with Crippen molar-refractivity contribution < 1.29 is 4.79 Å². The van der Waals surface area contributed by atoms with Crippen molar-refractivity contribution in [3.05, 3.63) is 94.9 Å². The second-order valence-corrected chi connectivity index (χ2v) is 6.92. The van der Waals surface area contributed by atoms with E-state index in [9.17, 15) is 4.79 Å². The fourth-order valence-electron chi connectivity index (χ4n) is 3.18. The quantitative estimate of drug-likeness (QED) is 0.493. The lowest BCUT2D eigenvalue weighted by molar-refractivity contribution is 0.103. The van der Waals surface area contributed by atoms with Gasteiger partial charge in [0, 0.05) is 35.1 Å². The van der Waals surface area contributed by atoms with Crippen LogP contribution in [-0.4, -0.2) is 20.5 Å². The van der Waals surface area contributed by atoms with Gasteiger partial charge in [-0.05, 0) is 41.5 Å². The summed E-state index contributed by atoms with van der Waals surface area (Å²) in [6, 6.07) is 16.4. The molecule has 0 saturated carbocycles. The second kappa shape index (κ2) is 7.87. The third-order valence-electron chi connectivity index (χ3n) is 4.66. The highest BCUT2D eigenvalue weighted by Gasteiger charge is 2.19. The van der Waals surface area contributed by atoms with Gasteiger partial charge in [-0.25, -0.2) is 4.68 Å². The fraction of sp³-hybridized carbons (Fsp3) is 0.0455. The van der Waals surface area contributed by atoms with Crippen molar-refractivity contribution in [3.63, 3.8) is 0 Å². The Kier molecular flexibility index (Phi) is 5.12. The van der Waals surface area contributed by atoms with Crippen molar-refractivity contribution in [2.75, 3.05) is 5.73 Å². The Hall–Kier alpha value is -3.48. The first-order valence-corrected chi connectivity index (χ1v) is 9.34. The average molecular weight is 404 g/mol. The topological polar surface area (TPSA) is 99.8 Å². The van der Waals surface area contributed by atoms with Crippen LogP contribution < -0.4 is 11.5 Å². The number of carbonyl (C=O) groups is 1. The molecular weight excluding hydrogens is 386 g/mol. The van der Waals surface area contributed by atoms with Crippen molar-refractivity contribution in [1.82, 2.24) is 14.8 Å². The Bertz CT molecular complexity index is 1190. The van der Waals surface area contributed by atoms with E-state index in [2.05, 4.69) is 10.1 Å². The van der Waals surface area contributed by atoms with Crippen molar-refractivity contribution in [2.24, 2.45) is 5.73 Å². The Morgan fingerprint density at radius 3 is 2.62 bits per heavy atom. The third kappa shape index (κ3) is 3.63. The van der Waals surface area contributed by atoms with Crippen LogP contribution in [0.4, 0.5) is 5.82 Å². The van der Waals surface area contributed by atoms with Crippen molar-refractivity contribution >= 4 is 23.2 Å². The lowest BCUT2D eigenvalue weighted by Crippen LogP contribution is -2.10. The van der Waals surface area contributed by atoms with Gasteiger partial charge in [-0.15, -0.1) is 0 Å². The minimum absolute atomic E-state index is 0.206. The molecule has 0 aliphatic heterocycles. The van der Waals surface area contributed by atoms with Crippen molar-refractivity contribution in [1.29, 1.82) is 0 Å². The monoisotopic (exact) mass is 403 g/mol. The van der Waals surface area contributed by atoms with Crippen LogP contribution in [0.5, 0.6) is 0 Å². The molecule has 2 aromatic heterocycles. The van der Waals surface area contributed by atoms with Crippen LogP contribution in [0.25, 0.3) is 16.8 Å². The number of hydrogen-bond acceptors (Lipinski definition) is 5. The van der Waals surface area contributed by atoms with Gasteiger partial charge in [-0.2, -0.15) is 5.10 Å². The Balaban J connectivity index is 1.72. The summed E-state index contributed by atoms with van der Waals surface area (Å²) in [6.45, 7) is 0.269. The Morgan fingerprint density at radius 1 is 1.03 bits per heavy atom. The van der Waals surface area contributed by atoms with Gasteiger partial charge in [0.2, 0.25) is 0 Å². The maximum absolute atomic E-state index is 13.1. The maximum atomic E-state index is 13.1. The number of carbonyl (C=O) groups excluding carboxylic acids is 1. The van der Waals surface area contributed by atoms with E-state index in [4.69, 9.17) is 23.1 Å². The lowest BCUT2D eigenvalue weighted by Gasteiger charge is -2.10. The van der Waals surface area contributed by atoms with Gasteiger partial charge in [0.1, 0.15) is 5.82 Å². The fourth-order valence-corrected chi connectivity index (χ4v) is 3.37. The Morgan fingerprint density at radius 2 is 1.86 bits per heavy atom. The number of aromatic nitrogens is 3. The molecule has 0 atom stereocenters. The summed E-state index contributed by atoms with van der Waals surface area (Å²) < 4.78 is 1.51. The van der Waals surface area contributed by atoms with Crippen LogP contribution in [0, 0.1) is 0 Å². The number of ketones is 1. The highest BCUT2D eigenvalue weighted by atomic mass is 35.5. The minimum Gasteiger partial charge on any atom is -0.383 e. The van der Waals surface area contributed by atoms with Crippen LogP contribution in [-0.2, 0) is 6.54 Å². The number of nitrogens with two attached hydrogens (primary N) is 2. The van der Waals surface area contributed by atoms with E-state index in [0.29, 0.717) is 21.8 Å². The number of hydrogen-bond donors (Lipinski definition) is 2. The van der Waals surface area contributed by atoms with Crippen molar-refractivity contribution in [2.45, 2.75) is 6.54 Å². The first-order chi connectivity index (χ1) is 14.1. The Labute approximate surface area is 172 Å². The molecule has 0 amide bonds. The molecule has 7 heteroatoms. The summed E-state index contributed by atoms with van der Waals surface area (Å²) in [5, 5.41) is 4.89. The van der Waals surface area contributed by atoms with Gasteiger partial charge in [-0.1, -0.05) is 35.9 Å². The average Bonchev–Trinajstić information content (AvgIpc) is 3.15. The number of nitrogens with zero attached hydrogens (tertiary/aromatic N) is 3. The summed E-state index contributed by atoms with van der Waals surface area (Å²) in [6.07, 6.45) is 4.94. The van der Waals surface area contributed by atoms with Gasteiger partial charge in [0.15, 0.2) is 5.78 Å². The van der Waals surface area contributed by atoms with Gasteiger partial charge in [-0.3, -0.25) is 9.78 Å². The summed E-state index contributed by atoms with van der Waals surface area (Å²) in [4.78, 5) is 17.2. The zero-order chi connectivity index (χ0) is 20.4. The number of halogens is 1. The highest BCUT2D eigenvalue weighted by Crippen LogP contribution is 2.26. The number of nitrogen functional groups attached to an aromatic ring is 1. The molecule has 0 fully saturated rings. The van der Waals surface area contributed by atoms with E-state index >= 15 is 0 Å². The lowest BCUT2D eigenvalue weighted by atomic mass is 10.00. The van der Waals surface area contributed by atoms with Crippen LogP contribution in [0.2, 0.25) is 5.02 Å². The van der Waals surface area contributed by atoms with Gasteiger partial charge in [0.05, 0.1) is 17.4 Å². The minimum atomic E-state index is -0.206. The van der Waals surface area contributed by atoms with Crippen molar-refractivity contribution in [3.8, 4) is 16.8 Å². The van der Waals surface area contributed by atoms with E-state index in [1.807, 2.05) is 30.3 Å². The van der Waals surface area contributed by atoms with Gasteiger partial charge < -0.3 is 11.5 Å². The number of benzene rings is 2. The molecule has 0 spiro atoms. The van der Waals surface area contributed by atoms with E-state index < -0.39 is 0 Å². The van der Waals surface area contributed by atoms with E-state index in [-0.39, 0.29) is 18.1 Å². The van der Waals surface area contributed by atoms with Crippen LogP contribution in [0.3, 0.4) is 0 Å². The second-order valence-electron chi connectivity index (χ2n) is 6.48. The first kappa shape index (κ1) is 18.9. The number of pyridine rings is 1. The summed E-state index contributed by atoms with van der Waals surface area (Å²) in [5.74, 6) is 0.0431. The molecule has 0 unspecified atom stereocenters. The molecule has 0 aliphatic rings. The smallest absolute Gasteiger partial charge is 0.198 e. The molecule has 2 aromatic carbocycles. The molecule has 2 heterocycles. The molecule has 0 aliphatic carbocycles. The van der Waals surface area contributed by atoms with Crippen LogP contribution in [0.15, 0.2) is 73.2 Å². The van der Waals surface area contributed by atoms with Crippen LogP contribution >= 0.6 is 11.6 Å². The summed E-state index contributed by atoms with van der Waals surface area (Å²) >= 11 is 6.05. The van der Waals surface area contributed by atoms with E-state index in [0.717, 1.165) is 16.7 Å². The molecule has 4 rings (SSSR count). The van der Waals surface area contributed by atoms with Gasteiger partial charge >= 0.3 is 0 Å². The highest BCUT2D eigenvalue weighted by molar-refractivity contribution is 6.30. The molecule has 0 bridgehead atoms. The number of rotatable bonds is 5. The van der Waals surface area contributed by atoms with E-state index in [1.54, 1.807) is 36.7 Å². The predicted octanol–water partition coefficient (Wildman–Crippen LogP) is 3.86. The standard InChI is InChI=1S/C22H18ClN5O/c23-18-6-7-20(17(10-18)11-24)28-22(25)19(13-27-28)21(29)15-4-1-3-14(9-15)16-5-2-8-26-12-16/h1-10,12-13H,11,24-25H2. The first-order valence-electron chi connectivity index (χ1n) is 8.96. The SMILES string of the molecule is NCc1cc(Cl)ccc1-n1ncc(C(=O)c2cccc(-c3cccnc3)c2)c1N. The largest absolute Gasteiger partial charge is 0.383 e. The van der Waals surface area contributed by atoms with Crippen LogP contribution in [0.1, 0.15) is 21.5 Å². The van der Waals surface area contributed by atoms with E-state index in [1.165, 1.54) is 10.9 Å². The predicted molar refractivity (Wildman–Crippen MR) is 114 cm³/mol. The maximum Gasteiger partial charge on any atom is 0.198 e. The summed E-state index contributed by atoms with van der Waals surface area (Å²) in [7, 11) is 0. The molecule has 0 radical (unpaired) electrons. The zero-order valence-electron chi connectivity index (χ0n) is 15.4. The molecule has 29 heavy (non-hydrogen) atoms. The molecule has 4 aromatic rings. The molecule has 0 saturated heterocycles. The number of anilines is 1. The molecular formula is C22H18ClN5O. The molecule has 4 N–H and O–H groups in total.